The van der Waals surface area contributed by atoms with E-state index in [4.69, 9.17) is 0 Å². The van der Waals surface area contributed by atoms with Crippen LogP contribution in [0.25, 0.3) is 0 Å². The molecule has 0 saturated carbocycles. The topological polar surface area (TPSA) is 46.2 Å². The monoisotopic (exact) mass is 380 g/mol. The summed E-state index contributed by atoms with van der Waals surface area (Å²) >= 11 is 0. The minimum absolute atomic E-state index is 0.216. The first-order chi connectivity index (χ1) is 13.3. The number of rotatable bonds is 22. The first-order valence-corrected chi connectivity index (χ1v) is 11.9. The van der Waals surface area contributed by atoms with Gasteiger partial charge in [0.25, 0.3) is 0 Å². The third kappa shape index (κ3) is 23.1. The number of hydrogen-bond donors (Lipinski definition) is 1. The second-order valence-corrected chi connectivity index (χ2v) is 8.00. The Hall–Kier alpha value is -0.860. The van der Waals surface area contributed by atoms with Crippen molar-refractivity contribution in [3.8, 4) is 0 Å². The van der Waals surface area contributed by atoms with Gasteiger partial charge in [-0.2, -0.15) is 0 Å². The Morgan fingerprint density at radius 1 is 0.630 bits per heavy atom. The molecule has 0 saturated heterocycles. The first-order valence-electron chi connectivity index (χ1n) is 11.9. The van der Waals surface area contributed by atoms with Crippen molar-refractivity contribution in [2.45, 2.75) is 135 Å². The molecular weight excluding hydrogens is 334 g/mol. The highest BCUT2D eigenvalue weighted by atomic mass is 16.1. The van der Waals surface area contributed by atoms with Gasteiger partial charge in [0.1, 0.15) is 0 Å². The van der Waals surface area contributed by atoms with Crippen molar-refractivity contribution in [2.24, 2.45) is 0 Å². The zero-order chi connectivity index (χ0) is 19.8. The smallest absolute Gasteiger partial charge is 0.219 e. The van der Waals surface area contributed by atoms with Crippen LogP contribution < -0.4 is 5.32 Å². The number of hydrogen-bond acceptors (Lipinski definition) is 2. The minimum atomic E-state index is 0.216. The Kier molecular flexibility index (Phi) is 22.4. The molecule has 0 spiro atoms. The predicted molar refractivity (Wildman–Crippen MR) is 117 cm³/mol. The van der Waals surface area contributed by atoms with Crippen LogP contribution in [0, 0.1) is 0 Å². The van der Waals surface area contributed by atoms with Gasteiger partial charge in [-0.05, 0) is 19.3 Å². The van der Waals surface area contributed by atoms with Gasteiger partial charge < -0.3 is 5.32 Å². The number of carbonyl (C=O) groups is 1. The van der Waals surface area contributed by atoms with Crippen molar-refractivity contribution in [2.75, 3.05) is 6.54 Å². The van der Waals surface area contributed by atoms with Crippen molar-refractivity contribution in [3.63, 3.8) is 0 Å². The van der Waals surface area contributed by atoms with Crippen molar-refractivity contribution in [1.82, 2.24) is 5.32 Å². The molecule has 0 rings (SSSR count). The summed E-state index contributed by atoms with van der Waals surface area (Å²) < 4.78 is 0. The minimum Gasteiger partial charge on any atom is -0.356 e. The van der Waals surface area contributed by atoms with E-state index in [9.17, 15) is 9.59 Å². The van der Waals surface area contributed by atoms with Crippen LogP contribution in [0.2, 0.25) is 0 Å². The molecule has 0 aromatic heterocycles. The summed E-state index contributed by atoms with van der Waals surface area (Å²) in [5.41, 5.74) is 0. The van der Waals surface area contributed by atoms with Crippen LogP contribution >= 0.6 is 0 Å². The van der Waals surface area contributed by atoms with E-state index in [1.807, 2.05) is 6.29 Å². The molecule has 0 aliphatic rings. The zero-order valence-electron chi connectivity index (χ0n) is 18.2. The molecule has 0 atom stereocenters. The summed E-state index contributed by atoms with van der Waals surface area (Å²) in [6.45, 7) is 3.08. The largest absolute Gasteiger partial charge is 0.356 e. The molecule has 0 aromatic carbocycles. The molecular formula is C24H46NO2. The van der Waals surface area contributed by atoms with Gasteiger partial charge in [-0.3, -0.25) is 9.59 Å². The van der Waals surface area contributed by atoms with Gasteiger partial charge in [-0.1, -0.05) is 103 Å². The fraction of sp³-hybridized carbons (Fsp3) is 0.917. The highest BCUT2D eigenvalue weighted by Crippen LogP contribution is 2.13. The summed E-state index contributed by atoms with van der Waals surface area (Å²) in [4.78, 5) is 21.8. The van der Waals surface area contributed by atoms with Crippen LogP contribution in [0.4, 0.5) is 0 Å². The molecule has 0 fully saturated rings. The fourth-order valence-corrected chi connectivity index (χ4v) is 3.47. The van der Waals surface area contributed by atoms with Gasteiger partial charge in [0.05, 0.1) is 0 Å². The molecule has 0 unspecified atom stereocenters. The lowest BCUT2D eigenvalue weighted by Crippen LogP contribution is -2.23. The molecule has 0 heterocycles. The van der Waals surface area contributed by atoms with E-state index in [1.54, 1.807) is 0 Å². The van der Waals surface area contributed by atoms with Crippen LogP contribution in [-0.4, -0.2) is 18.7 Å². The Morgan fingerprint density at radius 3 is 1.59 bits per heavy atom. The molecule has 0 bridgehead atoms. The maximum atomic E-state index is 11.8. The van der Waals surface area contributed by atoms with Crippen molar-refractivity contribution in [1.29, 1.82) is 0 Å². The molecule has 3 nitrogen and oxygen atoms in total. The van der Waals surface area contributed by atoms with Crippen LogP contribution in [0.5, 0.6) is 0 Å². The van der Waals surface area contributed by atoms with Gasteiger partial charge in [-0.25, -0.2) is 0 Å². The SMILES string of the molecule is CCCCCCCCCCCCCCCC(=O)NCCCCCCC[C]=O. The van der Waals surface area contributed by atoms with Gasteiger partial charge in [-0.15, -0.1) is 0 Å². The lowest BCUT2D eigenvalue weighted by atomic mass is 10.0. The fourth-order valence-electron chi connectivity index (χ4n) is 3.47. The average molecular weight is 381 g/mol. The van der Waals surface area contributed by atoms with Gasteiger partial charge in [0, 0.05) is 19.4 Å². The van der Waals surface area contributed by atoms with E-state index >= 15 is 0 Å². The average Bonchev–Trinajstić information content (AvgIpc) is 2.67. The summed E-state index contributed by atoms with van der Waals surface area (Å²) in [7, 11) is 0. The Labute approximate surface area is 169 Å². The standard InChI is InChI=1S/C24H46NO2/c1-2-3-4-5-6-7-8-9-10-11-12-15-18-21-24(27)25-22-19-16-13-14-17-20-23-26/h2-22H2,1H3,(H,25,27). The quantitative estimate of drug-likeness (QED) is 0.205. The van der Waals surface area contributed by atoms with Crippen LogP contribution in [0.3, 0.4) is 0 Å². The van der Waals surface area contributed by atoms with Gasteiger partial charge >= 0.3 is 0 Å². The van der Waals surface area contributed by atoms with E-state index in [1.165, 1.54) is 77.0 Å². The third-order valence-electron chi connectivity index (χ3n) is 5.29. The number of amides is 1. The Bertz CT molecular complexity index is 318. The lowest BCUT2D eigenvalue weighted by Gasteiger charge is -2.05. The molecule has 0 aromatic rings. The van der Waals surface area contributed by atoms with Gasteiger partial charge in [0.2, 0.25) is 5.91 Å². The molecule has 1 radical (unpaired) electrons. The lowest BCUT2D eigenvalue weighted by molar-refractivity contribution is -0.121. The summed E-state index contributed by atoms with van der Waals surface area (Å²) in [5, 5.41) is 3.03. The van der Waals surface area contributed by atoms with Crippen molar-refractivity contribution >= 4 is 12.2 Å². The number of nitrogens with one attached hydrogen (secondary N) is 1. The molecule has 0 aliphatic carbocycles. The van der Waals surface area contributed by atoms with E-state index in [2.05, 4.69) is 12.2 Å². The summed E-state index contributed by atoms with van der Waals surface area (Å²) in [6.07, 6.45) is 26.0. The van der Waals surface area contributed by atoms with Crippen LogP contribution in [-0.2, 0) is 9.59 Å². The first kappa shape index (κ1) is 26.1. The summed E-state index contributed by atoms with van der Waals surface area (Å²) in [6, 6.07) is 0. The van der Waals surface area contributed by atoms with E-state index < -0.39 is 0 Å². The summed E-state index contributed by atoms with van der Waals surface area (Å²) in [5.74, 6) is 0.216. The van der Waals surface area contributed by atoms with E-state index in [0.29, 0.717) is 12.8 Å². The van der Waals surface area contributed by atoms with Crippen molar-refractivity contribution < 1.29 is 9.59 Å². The Morgan fingerprint density at radius 2 is 1.07 bits per heavy atom. The molecule has 1 amide bonds. The maximum Gasteiger partial charge on any atom is 0.219 e. The Balaban J connectivity index is 3.13. The predicted octanol–water partition coefficient (Wildman–Crippen LogP) is 7.03. The van der Waals surface area contributed by atoms with E-state index in [0.717, 1.165) is 45.1 Å². The van der Waals surface area contributed by atoms with Crippen LogP contribution in [0.15, 0.2) is 0 Å². The zero-order valence-corrected chi connectivity index (χ0v) is 18.2. The van der Waals surface area contributed by atoms with Gasteiger partial charge in [0.15, 0.2) is 6.29 Å². The molecule has 3 heteroatoms. The molecule has 0 aliphatic heterocycles. The second-order valence-electron chi connectivity index (χ2n) is 8.00. The second kappa shape index (κ2) is 23.2. The number of carbonyl (C=O) groups excluding carboxylic acids is 2. The number of unbranched alkanes of at least 4 members (excludes halogenated alkanes) is 17. The molecule has 1 N–H and O–H groups in total. The third-order valence-corrected chi connectivity index (χ3v) is 5.29. The maximum absolute atomic E-state index is 11.8. The normalized spacial score (nSPS) is 10.9. The van der Waals surface area contributed by atoms with E-state index in [-0.39, 0.29) is 5.91 Å². The van der Waals surface area contributed by atoms with Crippen LogP contribution in [0.1, 0.15) is 135 Å². The molecule has 159 valence electrons. The molecule has 27 heavy (non-hydrogen) atoms. The highest BCUT2D eigenvalue weighted by Gasteiger charge is 2.00. The van der Waals surface area contributed by atoms with Crippen molar-refractivity contribution in [3.05, 3.63) is 0 Å². The highest BCUT2D eigenvalue weighted by molar-refractivity contribution is 5.75.